The molecule has 0 radical (unpaired) electrons. The zero-order chi connectivity index (χ0) is 19.4. The highest BCUT2D eigenvalue weighted by atomic mass is 16.6. The first-order chi connectivity index (χ1) is 12.2. The Hall–Kier alpha value is -2.35. The van der Waals surface area contributed by atoms with Gasteiger partial charge in [0.2, 0.25) is 11.6 Å². The normalized spacial score (nSPS) is 33.6. The van der Waals surface area contributed by atoms with Gasteiger partial charge in [0.15, 0.2) is 11.5 Å². The first-order valence-corrected chi connectivity index (χ1v) is 8.55. The fourth-order valence-corrected chi connectivity index (χ4v) is 4.67. The predicted octanol–water partition coefficient (Wildman–Crippen LogP) is 0.968. The number of amides is 1. The topological polar surface area (TPSA) is 108 Å². The average Bonchev–Trinajstić information content (AvgIpc) is 3.01. The molecule has 0 aromatic heterocycles. The summed E-state index contributed by atoms with van der Waals surface area (Å²) in [6.45, 7) is 6.07. The highest BCUT2D eigenvalue weighted by Gasteiger charge is 2.65. The van der Waals surface area contributed by atoms with Crippen LogP contribution in [-0.2, 0) is 23.8 Å². The van der Waals surface area contributed by atoms with Crippen LogP contribution >= 0.6 is 0 Å². The highest BCUT2D eigenvalue weighted by Crippen LogP contribution is 2.56. The Labute approximate surface area is 151 Å². The monoisotopic (exact) mass is 364 g/mol. The second-order valence-corrected chi connectivity index (χ2v) is 7.09. The van der Waals surface area contributed by atoms with Gasteiger partial charge in [-0.2, -0.15) is 0 Å². The van der Waals surface area contributed by atoms with Crippen molar-refractivity contribution < 1.29 is 28.6 Å². The number of Topliss-reactive ketones (excluding diaryl/α,β-unsaturated/α-hetero) is 2. The lowest BCUT2D eigenvalue weighted by Gasteiger charge is -2.41. The van der Waals surface area contributed by atoms with Crippen LogP contribution in [0.5, 0.6) is 0 Å². The van der Waals surface area contributed by atoms with E-state index in [0.717, 1.165) is 0 Å². The van der Waals surface area contributed by atoms with Crippen LogP contribution in [0.25, 0.3) is 0 Å². The molecule has 0 aromatic carbocycles. The van der Waals surface area contributed by atoms with E-state index >= 15 is 0 Å². The van der Waals surface area contributed by atoms with Crippen molar-refractivity contribution in [2.24, 2.45) is 23.5 Å². The lowest BCUT2D eigenvalue weighted by Crippen LogP contribution is -2.52. The number of allylic oxidation sites excluding steroid dienone is 2. The van der Waals surface area contributed by atoms with Gasteiger partial charge >= 0.3 is 6.09 Å². The third kappa shape index (κ3) is 2.14. The number of fused-ring (bicyclic) bond motifs is 2. The molecule has 3 aliphatic rings. The first kappa shape index (κ1) is 18.4. The Morgan fingerprint density at radius 2 is 1.92 bits per heavy atom. The summed E-state index contributed by atoms with van der Waals surface area (Å²) in [4.78, 5) is 39.2. The molecule has 0 unspecified atom stereocenters. The van der Waals surface area contributed by atoms with Crippen molar-refractivity contribution in [3.63, 3.8) is 0 Å². The van der Waals surface area contributed by atoms with Gasteiger partial charge in [0.25, 0.3) is 0 Å². The summed E-state index contributed by atoms with van der Waals surface area (Å²) in [6.07, 6.45) is -0.941. The van der Waals surface area contributed by atoms with Crippen molar-refractivity contribution >= 4 is 17.7 Å². The summed E-state index contributed by atoms with van der Waals surface area (Å²) in [7, 11) is 2.90. The highest BCUT2D eigenvalue weighted by molar-refractivity contribution is 6.24. The van der Waals surface area contributed by atoms with Gasteiger partial charge in [0.1, 0.15) is 6.61 Å². The van der Waals surface area contributed by atoms with Gasteiger partial charge < -0.3 is 24.8 Å². The number of nitrogens with zero attached hydrogens (tertiary/aromatic N) is 1. The van der Waals surface area contributed by atoms with Gasteiger partial charge in [-0.15, -0.1) is 0 Å². The minimum Gasteiger partial charge on any atom is -0.492 e. The van der Waals surface area contributed by atoms with Crippen LogP contribution in [0.3, 0.4) is 0 Å². The number of rotatable bonds is 4. The molecule has 0 aromatic rings. The van der Waals surface area contributed by atoms with E-state index in [1.165, 1.54) is 7.11 Å². The van der Waals surface area contributed by atoms with Gasteiger partial charge in [-0.05, 0) is 12.8 Å². The van der Waals surface area contributed by atoms with Gasteiger partial charge in [-0.25, -0.2) is 4.79 Å². The Balaban J connectivity index is 2.18. The van der Waals surface area contributed by atoms with E-state index in [2.05, 4.69) is 6.92 Å². The molecule has 0 saturated carbocycles. The van der Waals surface area contributed by atoms with Crippen molar-refractivity contribution in [1.29, 1.82) is 0 Å². The fraction of sp³-hybridized carbons (Fsp3) is 0.611. The van der Waals surface area contributed by atoms with Crippen LogP contribution in [0.2, 0.25) is 0 Å². The molecule has 4 atom stereocenters. The SMILES string of the molecule is COC1=C(C)C(=O)C2=C(C1=O)[C@@H](COC(N)=O)[C@@]1(OC)[C@@H](C)[C@@H](C)CN21. The van der Waals surface area contributed by atoms with E-state index in [1.807, 2.05) is 11.8 Å². The Morgan fingerprint density at radius 1 is 1.27 bits per heavy atom. The van der Waals surface area contributed by atoms with Crippen LogP contribution in [-0.4, -0.2) is 55.7 Å². The predicted molar refractivity (Wildman–Crippen MR) is 90.5 cm³/mol. The molecule has 142 valence electrons. The Kier molecular flexibility index (Phi) is 4.34. The summed E-state index contributed by atoms with van der Waals surface area (Å²) in [6, 6.07) is 0. The Morgan fingerprint density at radius 3 is 2.46 bits per heavy atom. The molecule has 1 amide bonds. The number of primary amides is 1. The van der Waals surface area contributed by atoms with Gasteiger partial charge in [0.05, 0.1) is 18.7 Å². The number of carbonyl (C=O) groups is 3. The van der Waals surface area contributed by atoms with Gasteiger partial charge in [-0.3, -0.25) is 9.59 Å². The van der Waals surface area contributed by atoms with Crippen LogP contribution < -0.4 is 5.73 Å². The Bertz CT molecular complexity index is 755. The molecule has 1 saturated heterocycles. The third-order valence-corrected chi connectivity index (χ3v) is 6.04. The smallest absolute Gasteiger partial charge is 0.404 e. The minimum absolute atomic E-state index is 0.00789. The van der Waals surface area contributed by atoms with E-state index < -0.39 is 17.7 Å². The van der Waals surface area contributed by atoms with E-state index in [4.69, 9.17) is 19.9 Å². The van der Waals surface area contributed by atoms with Crippen LogP contribution in [0.1, 0.15) is 20.8 Å². The molecule has 2 heterocycles. The molecule has 2 N–H and O–H groups in total. The lowest BCUT2D eigenvalue weighted by molar-refractivity contribution is -0.153. The number of hydrogen-bond acceptors (Lipinski definition) is 7. The third-order valence-electron chi connectivity index (χ3n) is 6.04. The van der Waals surface area contributed by atoms with Gasteiger partial charge in [-0.1, -0.05) is 13.8 Å². The fourth-order valence-electron chi connectivity index (χ4n) is 4.67. The summed E-state index contributed by atoms with van der Waals surface area (Å²) in [5.74, 6) is -1.04. The molecule has 8 heteroatoms. The molecule has 8 nitrogen and oxygen atoms in total. The van der Waals surface area contributed by atoms with Crippen molar-refractivity contribution in [1.82, 2.24) is 4.90 Å². The van der Waals surface area contributed by atoms with E-state index in [9.17, 15) is 14.4 Å². The molecule has 1 aliphatic carbocycles. The van der Waals surface area contributed by atoms with Crippen molar-refractivity contribution in [2.75, 3.05) is 27.4 Å². The molecule has 0 spiro atoms. The molecular weight excluding hydrogens is 340 g/mol. The second-order valence-electron chi connectivity index (χ2n) is 7.09. The summed E-state index contributed by atoms with van der Waals surface area (Å²) >= 11 is 0. The maximum Gasteiger partial charge on any atom is 0.404 e. The second kappa shape index (κ2) is 6.12. The maximum atomic E-state index is 13.1. The summed E-state index contributed by atoms with van der Waals surface area (Å²) in [5, 5.41) is 0. The van der Waals surface area contributed by atoms with Crippen molar-refractivity contribution in [2.45, 2.75) is 26.5 Å². The van der Waals surface area contributed by atoms with Crippen molar-refractivity contribution in [3.8, 4) is 0 Å². The first-order valence-electron chi connectivity index (χ1n) is 8.55. The number of ketones is 2. The number of nitrogens with two attached hydrogens (primary N) is 1. The summed E-state index contributed by atoms with van der Waals surface area (Å²) in [5.41, 5.74) is 5.06. The van der Waals surface area contributed by atoms with E-state index in [0.29, 0.717) is 12.2 Å². The van der Waals surface area contributed by atoms with Crippen LogP contribution in [0.15, 0.2) is 22.6 Å². The molecule has 0 bridgehead atoms. The zero-order valence-electron chi connectivity index (χ0n) is 15.6. The quantitative estimate of drug-likeness (QED) is 0.740. The molecular formula is C18H24N2O6. The standard InChI is InChI=1S/C18H24N2O6/c1-8-6-20-13-12(15(22)16(24-4)9(2)14(13)21)11(7-26-17(19)23)18(20,25-5)10(8)3/h8,10-11H,6-7H2,1-5H3,(H2,19,23)/t8-,10-,11+,18-/m0/s1. The minimum atomic E-state index is -0.950. The maximum absolute atomic E-state index is 13.1. The largest absolute Gasteiger partial charge is 0.492 e. The van der Waals surface area contributed by atoms with Gasteiger partial charge in [0, 0.05) is 30.7 Å². The number of methoxy groups -OCH3 is 2. The molecule has 1 fully saturated rings. The number of carbonyl (C=O) groups excluding carboxylic acids is 3. The molecule has 26 heavy (non-hydrogen) atoms. The number of ether oxygens (including phenoxy) is 3. The van der Waals surface area contributed by atoms with Crippen LogP contribution in [0, 0.1) is 17.8 Å². The molecule has 2 aliphatic heterocycles. The lowest BCUT2D eigenvalue weighted by atomic mass is 9.77. The average molecular weight is 364 g/mol. The summed E-state index contributed by atoms with van der Waals surface area (Å²) < 4.78 is 16.2. The molecule has 3 rings (SSSR count). The number of hydrogen-bond donors (Lipinski definition) is 1. The van der Waals surface area contributed by atoms with E-state index in [-0.39, 0.29) is 46.9 Å². The van der Waals surface area contributed by atoms with E-state index in [1.54, 1.807) is 14.0 Å². The van der Waals surface area contributed by atoms with Crippen LogP contribution in [0.4, 0.5) is 4.79 Å². The zero-order valence-corrected chi connectivity index (χ0v) is 15.6. The van der Waals surface area contributed by atoms with Crippen molar-refractivity contribution in [3.05, 3.63) is 22.6 Å².